The van der Waals surface area contributed by atoms with Gasteiger partial charge in [-0.05, 0) is 101 Å². The number of guanidine groups is 1. The molecule has 1 fully saturated rings. The highest BCUT2D eigenvalue weighted by atomic mass is 16.5. The number of phenols is 1. The number of likely N-dealkylation sites (N-methyl/N-ethyl adjacent to an activating group) is 1. The van der Waals surface area contributed by atoms with Crippen molar-refractivity contribution in [1.82, 2.24) is 41.8 Å². The summed E-state index contributed by atoms with van der Waals surface area (Å²) in [5.74, 6) is -6.03. The van der Waals surface area contributed by atoms with Crippen molar-refractivity contribution in [1.29, 1.82) is 0 Å². The number of aromatic hydroxyl groups is 1. The van der Waals surface area contributed by atoms with Crippen molar-refractivity contribution in [3.63, 3.8) is 0 Å². The monoisotopic (exact) mass is 1050 g/mol. The average Bonchev–Trinajstić information content (AvgIpc) is 4.00. The fraction of sp³-hybridized carbons (Fsp3) is 0.549. The van der Waals surface area contributed by atoms with Crippen molar-refractivity contribution in [3.8, 4) is 5.75 Å². The summed E-state index contributed by atoms with van der Waals surface area (Å²) >= 11 is 0. The maximum absolute atomic E-state index is 14.4. The largest absolute Gasteiger partial charge is 0.508 e. The standard InChI is InChI=1S/C49H74N12O10.C2H4O2/c1-7-53-46(69)40-15-11-21-61(40)47(70)35(14-10-20-54-48(51)52)56-42(65)36(22-28(2)3)57-45(68)39(27-71-49(4,5)6)60-43(66)37(23-29-16-18-31(63)19-17-29)58-44(67)38(26-62)59-41(64)33(50)24-30-25-55-34-13-9-8-12-32(30)34;1-2(3)4/h8-9,12-13,16-19,25,28,33,35-40,55,62-63H,7,10-11,14-15,20-24,26-27,50H2,1-6H3,(H,53,69)(H,56,65)(H,57,68)(H,58,67)(H,59,64)(H,60,66)(H4,51,52,54);1H3,(H,3,4)/t33-,35-,36-,37-,38-,39+,40-;/m0./s1. The van der Waals surface area contributed by atoms with Crippen molar-refractivity contribution in [2.75, 3.05) is 32.8 Å². The Morgan fingerprint density at radius 1 is 0.827 bits per heavy atom. The molecule has 0 aliphatic carbocycles. The lowest BCUT2D eigenvalue weighted by atomic mass is 10.0. The number of carbonyl (C=O) groups is 8. The number of carbonyl (C=O) groups excluding carboxylic acids is 7. The molecule has 7 atom stereocenters. The predicted molar refractivity (Wildman–Crippen MR) is 280 cm³/mol. The number of rotatable bonds is 26. The number of carboxylic acid groups (broad SMARTS) is 1. The van der Waals surface area contributed by atoms with Gasteiger partial charge in [-0.25, -0.2) is 0 Å². The number of phenolic OH excluding ortho intramolecular Hbond substituents is 1. The van der Waals surface area contributed by atoms with Crippen LogP contribution in [0, 0.1) is 5.92 Å². The van der Waals surface area contributed by atoms with E-state index in [1.165, 1.54) is 29.2 Å². The lowest BCUT2D eigenvalue weighted by molar-refractivity contribution is -0.142. The van der Waals surface area contributed by atoms with Crippen LogP contribution < -0.4 is 49.1 Å². The van der Waals surface area contributed by atoms with Crippen LogP contribution in [0.1, 0.15) is 91.7 Å². The summed E-state index contributed by atoms with van der Waals surface area (Å²) in [5.41, 5.74) is 18.6. The number of nitrogens with zero attached hydrogens (tertiary/aromatic N) is 2. The number of H-pyrrole nitrogens is 1. The van der Waals surface area contributed by atoms with Crippen molar-refractivity contribution in [3.05, 3.63) is 65.9 Å². The molecule has 75 heavy (non-hydrogen) atoms. The minimum absolute atomic E-state index is 0.0527. The molecule has 24 heteroatoms. The van der Waals surface area contributed by atoms with E-state index in [0.29, 0.717) is 37.9 Å². The molecule has 24 nitrogen and oxygen atoms in total. The third kappa shape index (κ3) is 21.2. The highest BCUT2D eigenvalue weighted by molar-refractivity contribution is 5.98. The minimum Gasteiger partial charge on any atom is -0.508 e. The number of nitrogens with two attached hydrogens (primary N) is 3. The van der Waals surface area contributed by atoms with Gasteiger partial charge in [0.05, 0.1) is 24.9 Å². The van der Waals surface area contributed by atoms with E-state index in [2.05, 4.69) is 41.9 Å². The first-order valence-corrected chi connectivity index (χ1v) is 25.0. The number of fused-ring (bicyclic) bond motifs is 1. The third-order valence-corrected chi connectivity index (χ3v) is 11.7. The Kier molecular flexibility index (Phi) is 24.9. The van der Waals surface area contributed by atoms with Gasteiger partial charge in [0.1, 0.15) is 42.0 Å². The van der Waals surface area contributed by atoms with Gasteiger partial charge < -0.3 is 79.0 Å². The molecule has 414 valence electrons. The quantitative estimate of drug-likeness (QED) is 0.0275. The molecule has 0 radical (unpaired) electrons. The number of hydrogen-bond donors (Lipinski definition) is 13. The van der Waals surface area contributed by atoms with Crippen LogP contribution in [-0.4, -0.2) is 159 Å². The molecule has 16 N–H and O–H groups in total. The summed E-state index contributed by atoms with van der Waals surface area (Å²) in [4.78, 5) is 115. The summed E-state index contributed by atoms with van der Waals surface area (Å²) in [7, 11) is 0. The van der Waals surface area contributed by atoms with Crippen LogP contribution in [0.2, 0.25) is 0 Å². The van der Waals surface area contributed by atoms with Gasteiger partial charge in [0, 0.05) is 50.1 Å². The van der Waals surface area contributed by atoms with Crippen molar-refractivity contribution >= 4 is 64.2 Å². The van der Waals surface area contributed by atoms with E-state index in [0.717, 1.165) is 23.4 Å². The zero-order valence-corrected chi connectivity index (χ0v) is 43.9. The number of aromatic amines is 1. The number of benzene rings is 2. The van der Waals surface area contributed by atoms with E-state index in [4.69, 9.17) is 31.8 Å². The third-order valence-electron chi connectivity index (χ3n) is 11.7. The van der Waals surface area contributed by atoms with Gasteiger partial charge >= 0.3 is 0 Å². The first-order chi connectivity index (χ1) is 35.3. The number of ether oxygens (including phenoxy) is 1. The Morgan fingerprint density at radius 2 is 1.40 bits per heavy atom. The lowest BCUT2D eigenvalue weighted by Gasteiger charge is -2.31. The minimum atomic E-state index is -1.54. The van der Waals surface area contributed by atoms with Gasteiger partial charge in [-0.1, -0.05) is 44.2 Å². The predicted octanol–water partition coefficient (Wildman–Crippen LogP) is -0.465. The van der Waals surface area contributed by atoms with Crippen molar-refractivity contribution < 1.29 is 58.4 Å². The number of aromatic nitrogens is 1. The number of aliphatic hydroxyl groups excluding tert-OH is 1. The summed E-state index contributed by atoms with van der Waals surface area (Å²) in [6, 6.07) is 4.67. The van der Waals surface area contributed by atoms with E-state index in [9.17, 15) is 43.8 Å². The highest BCUT2D eigenvalue weighted by Gasteiger charge is 2.39. The number of nitrogens with one attached hydrogen (secondary N) is 7. The molecule has 2 aromatic carbocycles. The molecule has 0 spiro atoms. The fourth-order valence-electron chi connectivity index (χ4n) is 8.04. The number of amides is 7. The average molecular weight is 1050 g/mol. The summed E-state index contributed by atoms with van der Waals surface area (Å²) in [6.07, 6.45) is 3.21. The number of aliphatic imine (C=N–C) groups is 1. The van der Waals surface area contributed by atoms with Gasteiger partial charge in [0.15, 0.2) is 5.96 Å². The summed E-state index contributed by atoms with van der Waals surface area (Å²) < 4.78 is 5.99. The topological polar surface area (TPSA) is 388 Å². The number of carboxylic acids is 1. The van der Waals surface area contributed by atoms with Gasteiger partial charge in [-0.15, -0.1) is 0 Å². The Balaban J connectivity index is 0.00000357. The van der Waals surface area contributed by atoms with Gasteiger partial charge in [0.2, 0.25) is 41.4 Å². The second-order valence-corrected chi connectivity index (χ2v) is 19.6. The van der Waals surface area contributed by atoms with Crippen LogP contribution in [-0.2, 0) is 55.9 Å². The van der Waals surface area contributed by atoms with Crippen LogP contribution in [0.5, 0.6) is 5.75 Å². The molecule has 1 aliphatic rings. The Morgan fingerprint density at radius 3 is 2.01 bits per heavy atom. The number of hydrogen-bond acceptors (Lipinski definition) is 13. The zero-order valence-electron chi connectivity index (χ0n) is 43.9. The molecule has 1 saturated heterocycles. The second kappa shape index (κ2) is 30.2. The Bertz CT molecular complexity index is 2410. The van der Waals surface area contributed by atoms with E-state index >= 15 is 0 Å². The first kappa shape index (κ1) is 62.0. The smallest absolute Gasteiger partial charge is 0.300 e. The molecule has 1 aliphatic heterocycles. The second-order valence-electron chi connectivity index (χ2n) is 19.6. The molecular formula is C51H78N12O12. The van der Waals surface area contributed by atoms with E-state index < -0.39 is 95.9 Å². The van der Waals surface area contributed by atoms with Crippen molar-refractivity contribution in [2.45, 2.75) is 141 Å². The molecule has 2 heterocycles. The maximum atomic E-state index is 14.4. The SMILES string of the molecule is CC(=O)O.CCNC(=O)[C@@H]1CCCN1C(=O)[C@H](CCCN=C(N)N)NC(=O)[C@H](CC(C)C)NC(=O)[C@@H](COC(C)(C)C)NC(=O)[C@H](Cc1ccc(O)cc1)NC(=O)[C@H](CO)NC(=O)[C@@H](N)Cc1c[nH]c2ccccc12. The molecule has 3 aromatic rings. The number of para-hydroxylation sites is 1. The van der Waals surface area contributed by atoms with Gasteiger partial charge in [-0.2, -0.15) is 0 Å². The Labute approximate surface area is 437 Å². The van der Waals surface area contributed by atoms with E-state index in [1.807, 2.05) is 38.1 Å². The van der Waals surface area contributed by atoms with E-state index in [1.54, 1.807) is 33.9 Å². The summed E-state index contributed by atoms with van der Waals surface area (Å²) in [6.45, 7) is 11.3. The maximum Gasteiger partial charge on any atom is 0.300 e. The van der Waals surface area contributed by atoms with Crippen LogP contribution in [0.4, 0.5) is 0 Å². The lowest BCUT2D eigenvalue weighted by Crippen LogP contribution is -2.61. The van der Waals surface area contributed by atoms with Crippen LogP contribution in [0.3, 0.4) is 0 Å². The summed E-state index contributed by atoms with van der Waals surface area (Å²) in [5, 5.41) is 44.6. The van der Waals surface area contributed by atoms with Crippen molar-refractivity contribution in [2.24, 2.45) is 28.1 Å². The Hall–Kier alpha value is -7.31. The zero-order chi connectivity index (χ0) is 56.0. The number of aliphatic carboxylic acids is 1. The molecule has 0 unspecified atom stereocenters. The number of aliphatic hydroxyl groups is 1. The molecule has 0 bridgehead atoms. The van der Waals surface area contributed by atoms with Crippen LogP contribution in [0.25, 0.3) is 10.9 Å². The molecule has 4 rings (SSSR count). The highest BCUT2D eigenvalue weighted by Crippen LogP contribution is 2.21. The molecule has 1 aromatic heterocycles. The normalized spacial score (nSPS) is 15.7. The molecule has 0 saturated carbocycles. The van der Waals surface area contributed by atoms with Gasteiger partial charge in [0.25, 0.3) is 5.97 Å². The van der Waals surface area contributed by atoms with Crippen LogP contribution in [0.15, 0.2) is 59.7 Å². The molecular weight excluding hydrogens is 973 g/mol. The number of likely N-dealkylation sites (tertiary alicyclic amines) is 1. The van der Waals surface area contributed by atoms with Gasteiger partial charge in [-0.3, -0.25) is 43.3 Å². The van der Waals surface area contributed by atoms with Crippen LogP contribution >= 0.6 is 0 Å². The van der Waals surface area contributed by atoms with E-state index in [-0.39, 0.29) is 62.4 Å². The fourth-order valence-corrected chi connectivity index (χ4v) is 8.04. The molecule has 7 amide bonds. The first-order valence-electron chi connectivity index (χ1n) is 25.0.